The summed E-state index contributed by atoms with van der Waals surface area (Å²) in [6.07, 6.45) is 3.47. The number of piperazine rings is 1. The fraction of sp³-hybridized carbons (Fsp3) is 0.500. The Kier molecular flexibility index (Phi) is 5.13. The third-order valence-electron chi connectivity index (χ3n) is 5.59. The number of aromatic nitrogens is 3. The second kappa shape index (κ2) is 7.71. The SMILES string of the molecule is Cc1cc(N2CCC[C@H](N3CCN(C(=O)c4ccccn4)CC3)C2=O)n(C)n1. The first-order valence-corrected chi connectivity index (χ1v) is 9.81. The molecule has 2 saturated heterocycles. The van der Waals surface area contributed by atoms with E-state index in [9.17, 15) is 9.59 Å². The highest BCUT2D eigenvalue weighted by Gasteiger charge is 2.37. The lowest BCUT2D eigenvalue weighted by Crippen LogP contribution is -2.58. The van der Waals surface area contributed by atoms with Crippen LogP contribution in [0.3, 0.4) is 0 Å². The van der Waals surface area contributed by atoms with Crippen LogP contribution in [0, 0.1) is 6.92 Å². The summed E-state index contributed by atoms with van der Waals surface area (Å²) >= 11 is 0. The molecule has 0 unspecified atom stereocenters. The van der Waals surface area contributed by atoms with Gasteiger partial charge < -0.3 is 4.90 Å². The molecule has 0 bridgehead atoms. The molecule has 8 nitrogen and oxygen atoms in total. The second-order valence-corrected chi connectivity index (χ2v) is 7.46. The Morgan fingerprint density at radius 1 is 1.14 bits per heavy atom. The van der Waals surface area contributed by atoms with Crippen molar-refractivity contribution < 1.29 is 9.59 Å². The Balaban J connectivity index is 1.41. The molecule has 2 aliphatic rings. The fourth-order valence-electron chi connectivity index (χ4n) is 4.16. The molecule has 8 heteroatoms. The van der Waals surface area contributed by atoms with Gasteiger partial charge >= 0.3 is 0 Å². The van der Waals surface area contributed by atoms with Crippen molar-refractivity contribution in [2.75, 3.05) is 37.6 Å². The van der Waals surface area contributed by atoms with Crippen LogP contribution in [0.15, 0.2) is 30.5 Å². The summed E-state index contributed by atoms with van der Waals surface area (Å²) in [6, 6.07) is 7.21. The van der Waals surface area contributed by atoms with Gasteiger partial charge in [-0.2, -0.15) is 5.10 Å². The monoisotopic (exact) mass is 382 g/mol. The minimum absolute atomic E-state index is 0.0396. The molecule has 28 heavy (non-hydrogen) atoms. The number of hydrogen-bond donors (Lipinski definition) is 0. The van der Waals surface area contributed by atoms with Crippen molar-refractivity contribution in [3.63, 3.8) is 0 Å². The Labute approximate surface area is 164 Å². The lowest BCUT2D eigenvalue weighted by Gasteiger charge is -2.42. The van der Waals surface area contributed by atoms with Gasteiger partial charge in [0.25, 0.3) is 5.91 Å². The van der Waals surface area contributed by atoms with Gasteiger partial charge in [-0.25, -0.2) is 0 Å². The Morgan fingerprint density at radius 2 is 1.93 bits per heavy atom. The van der Waals surface area contributed by atoms with Gasteiger partial charge in [-0.15, -0.1) is 0 Å². The van der Waals surface area contributed by atoms with Gasteiger partial charge in [0.05, 0.1) is 11.7 Å². The summed E-state index contributed by atoms with van der Waals surface area (Å²) in [5.41, 5.74) is 1.39. The number of pyridine rings is 1. The van der Waals surface area contributed by atoms with E-state index in [0.29, 0.717) is 31.9 Å². The third kappa shape index (κ3) is 3.52. The zero-order chi connectivity index (χ0) is 19.7. The highest BCUT2D eigenvalue weighted by atomic mass is 16.2. The zero-order valence-electron chi connectivity index (χ0n) is 16.4. The molecule has 2 aliphatic heterocycles. The molecule has 148 valence electrons. The van der Waals surface area contributed by atoms with Gasteiger partial charge in [-0.3, -0.25) is 29.1 Å². The maximum absolute atomic E-state index is 13.2. The standard InChI is InChI=1S/C20H26N6O2/c1-15-14-18(23(2)22-15)26-9-5-7-17(20(26)28)24-10-12-25(13-11-24)19(27)16-6-3-4-8-21-16/h3-4,6,8,14,17H,5,7,9-13H2,1-2H3/t17-/m0/s1. The van der Waals surface area contributed by atoms with Crippen molar-refractivity contribution in [1.29, 1.82) is 0 Å². The van der Waals surface area contributed by atoms with E-state index in [4.69, 9.17) is 0 Å². The van der Waals surface area contributed by atoms with Gasteiger partial charge in [0.1, 0.15) is 11.5 Å². The van der Waals surface area contributed by atoms with Crippen LogP contribution in [0.4, 0.5) is 5.82 Å². The average Bonchev–Trinajstić information content (AvgIpc) is 3.06. The number of anilines is 1. The van der Waals surface area contributed by atoms with Gasteiger partial charge in [0.2, 0.25) is 5.91 Å². The van der Waals surface area contributed by atoms with Gasteiger partial charge in [0, 0.05) is 52.0 Å². The summed E-state index contributed by atoms with van der Waals surface area (Å²) in [6.45, 7) is 5.30. The maximum atomic E-state index is 13.2. The molecule has 2 fully saturated rings. The molecule has 2 aromatic heterocycles. The van der Waals surface area contributed by atoms with Crippen molar-refractivity contribution in [2.24, 2.45) is 7.05 Å². The molecule has 0 radical (unpaired) electrons. The number of hydrogen-bond acceptors (Lipinski definition) is 5. The van der Waals surface area contributed by atoms with Gasteiger partial charge in [0.15, 0.2) is 0 Å². The number of nitrogens with zero attached hydrogens (tertiary/aromatic N) is 6. The lowest BCUT2D eigenvalue weighted by atomic mass is 10.0. The van der Waals surface area contributed by atoms with E-state index in [1.807, 2.05) is 35.9 Å². The summed E-state index contributed by atoms with van der Waals surface area (Å²) in [7, 11) is 1.88. The fourth-order valence-corrected chi connectivity index (χ4v) is 4.16. The number of carbonyl (C=O) groups excluding carboxylic acids is 2. The molecule has 0 spiro atoms. The summed E-state index contributed by atoms with van der Waals surface area (Å²) < 4.78 is 1.78. The molecule has 0 N–H and O–H groups in total. The summed E-state index contributed by atoms with van der Waals surface area (Å²) in [5, 5.41) is 4.38. The van der Waals surface area contributed by atoms with Crippen LogP contribution >= 0.6 is 0 Å². The van der Waals surface area contributed by atoms with Crippen LogP contribution in [-0.4, -0.2) is 75.1 Å². The van der Waals surface area contributed by atoms with Crippen LogP contribution < -0.4 is 4.90 Å². The van der Waals surface area contributed by atoms with E-state index in [0.717, 1.165) is 30.9 Å². The molecule has 2 aromatic rings. The molecule has 0 aromatic carbocycles. The van der Waals surface area contributed by atoms with Crippen molar-refractivity contribution in [3.8, 4) is 0 Å². The highest BCUT2D eigenvalue weighted by molar-refractivity contribution is 5.97. The van der Waals surface area contributed by atoms with Crippen molar-refractivity contribution in [2.45, 2.75) is 25.8 Å². The molecule has 0 saturated carbocycles. The first-order valence-electron chi connectivity index (χ1n) is 9.81. The van der Waals surface area contributed by atoms with Crippen LogP contribution in [0.2, 0.25) is 0 Å². The smallest absolute Gasteiger partial charge is 0.272 e. The molecular weight excluding hydrogens is 356 g/mol. The zero-order valence-corrected chi connectivity index (χ0v) is 16.4. The van der Waals surface area contributed by atoms with Gasteiger partial charge in [-0.05, 0) is 31.9 Å². The van der Waals surface area contributed by atoms with E-state index >= 15 is 0 Å². The predicted octanol–water partition coefficient (Wildman–Crippen LogP) is 1.08. The van der Waals surface area contributed by atoms with Crippen molar-refractivity contribution in [3.05, 3.63) is 41.9 Å². The third-order valence-corrected chi connectivity index (χ3v) is 5.59. The van der Waals surface area contributed by atoms with Crippen molar-refractivity contribution in [1.82, 2.24) is 24.6 Å². The Morgan fingerprint density at radius 3 is 2.57 bits per heavy atom. The first kappa shape index (κ1) is 18.6. The minimum Gasteiger partial charge on any atom is -0.335 e. The highest BCUT2D eigenvalue weighted by Crippen LogP contribution is 2.25. The van der Waals surface area contributed by atoms with E-state index in [2.05, 4.69) is 15.0 Å². The number of piperidine rings is 1. The Hall–Kier alpha value is -2.74. The van der Waals surface area contributed by atoms with Crippen LogP contribution in [-0.2, 0) is 11.8 Å². The lowest BCUT2D eigenvalue weighted by molar-refractivity contribution is -0.126. The predicted molar refractivity (Wildman–Crippen MR) is 105 cm³/mol. The molecule has 1 atom stereocenters. The van der Waals surface area contributed by atoms with Crippen molar-refractivity contribution >= 4 is 17.6 Å². The normalized spacial score (nSPS) is 21.2. The van der Waals surface area contributed by atoms with Crippen LogP contribution in [0.1, 0.15) is 29.0 Å². The number of aryl methyl sites for hydroxylation is 2. The molecule has 4 rings (SSSR count). The van der Waals surface area contributed by atoms with Crippen LogP contribution in [0.25, 0.3) is 0 Å². The largest absolute Gasteiger partial charge is 0.335 e. The molecule has 0 aliphatic carbocycles. The summed E-state index contributed by atoms with van der Waals surface area (Å²) in [5.74, 6) is 0.956. The molecule has 2 amide bonds. The summed E-state index contributed by atoms with van der Waals surface area (Å²) in [4.78, 5) is 35.8. The van der Waals surface area contributed by atoms with E-state index < -0.39 is 0 Å². The quantitative estimate of drug-likeness (QED) is 0.794. The van der Waals surface area contributed by atoms with E-state index in [1.165, 1.54) is 0 Å². The topological polar surface area (TPSA) is 74.6 Å². The molecule has 4 heterocycles. The number of rotatable bonds is 3. The second-order valence-electron chi connectivity index (χ2n) is 7.46. The number of amides is 2. The Bertz CT molecular complexity index is 857. The van der Waals surface area contributed by atoms with E-state index in [-0.39, 0.29) is 17.9 Å². The van der Waals surface area contributed by atoms with Gasteiger partial charge in [-0.1, -0.05) is 6.07 Å². The molecular formula is C20H26N6O2. The average molecular weight is 382 g/mol. The minimum atomic E-state index is -0.129. The van der Waals surface area contributed by atoms with E-state index in [1.54, 1.807) is 23.0 Å². The van der Waals surface area contributed by atoms with Crippen LogP contribution in [0.5, 0.6) is 0 Å². The first-order chi connectivity index (χ1) is 13.5. The maximum Gasteiger partial charge on any atom is 0.272 e. The number of carbonyl (C=O) groups is 2.